The van der Waals surface area contributed by atoms with E-state index in [-0.39, 0.29) is 18.7 Å². The van der Waals surface area contributed by atoms with Gasteiger partial charge in [0.2, 0.25) is 10.0 Å². The number of nitrogens with two attached hydrogens (primary N) is 1. The van der Waals surface area contributed by atoms with Gasteiger partial charge in [0.05, 0.1) is 22.3 Å². The van der Waals surface area contributed by atoms with Crippen LogP contribution < -0.4 is 10.5 Å². The first kappa shape index (κ1) is 20.0. The second-order valence-corrected chi connectivity index (χ2v) is 8.80. The first-order valence-electron chi connectivity index (χ1n) is 9.44. The summed E-state index contributed by atoms with van der Waals surface area (Å²) in [5.41, 5.74) is 9.48. The third kappa shape index (κ3) is 4.16. The number of nitrogen functional groups attached to an aromatic ring is 1. The number of nitrogens with zero attached hydrogens (tertiary/aromatic N) is 4. The fourth-order valence-corrected chi connectivity index (χ4v) is 4.27. The number of fused-ring (bicyclic) bond motifs is 3. The molecule has 0 aliphatic heterocycles. The topological polar surface area (TPSA) is 149 Å². The van der Waals surface area contributed by atoms with Crippen molar-refractivity contribution >= 4 is 43.9 Å². The SMILES string of the molecule is Nc1nc2cc(-c3ccn[nH]3)ccc2c2nn(CCCNS(=O)(=O)CCC=O)cc12. The second kappa shape index (κ2) is 8.20. The molecule has 0 radical (unpaired) electrons. The van der Waals surface area contributed by atoms with Gasteiger partial charge in [0.1, 0.15) is 17.6 Å². The zero-order valence-corrected chi connectivity index (χ0v) is 16.9. The molecular weight excluding hydrogens is 406 g/mol. The Kier molecular flexibility index (Phi) is 5.46. The van der Waals surface area contributed by atoms with Gasteiger partial charge >= 0.3 is 0 Å². The maximum absolute atomic E-state index is 11.7. The van der Waals surface area contributed by atoms with Crippen LogP contribution in [0, 0.1) is 0 Å². The van der Waals surface area contributed by atoms with Gasteiger partial charge in [-0.2, -0.15) is 10.2 Å². The Morgan fingerprint density at radius 2 is 2.10 bits per heavy atom. The molecular formula is C19H21N7O3S. The number of aromatic amines is 1. The van der Waals surface area contributed by atoms with E-state index in [1.165, 1.54) is 0 Å². The number of hydrogen-bond donors (Lipinski definition) is 3. The molecule has 4 aromatic rings. The highest BCUT2D eigenvalue weighted by Gasteiger charge is 2.13. The van der Waals surface area contributed by atoms with E-state index in [9.17, 15) is 13.2 Å². The van der Waals surface area contributed by atoms with Crippen LogP contribution in [0.3, 0.4) is 0 Å². The van der Waals surface area contributed by atoms with Crippen LogP contribution in [0.5, 0.6) is 0 Å². The molecule has 0 saturated carbocycles. The zero-order valence-electron chi connectivity index (χ0n) is 16.1. The Labute approximate surface area is 172 Å². The number of carbonyl (C=O) groups is 1. The monoisotopic (exact) mass is 427 g/mol. The standard InChI is InChI=1S/C19H21N7O3S/c20-19-15-12-26(8-1-6-22-30(28,29)10-2-9-27)25-18(15)14-4-3-13(11-17(14)23-19)16-5-7-21-24-16/h3-5,7,9,11-12,22H,1-2,6,8,10H2,(H2,20,23)(H,21,24). The molecule has 156 valence electrons. The Hall–Kier alpha value is -3.31. The van der Waals surface area contributed by atoms with Gasteiger partial charge in [-0.25, -0.2) is 18.1 Å². The maximum Gasteiger partial charge on any atom is 0.212 e. The molecule has 30 heavy (non-hydrogen) atoms. The minimum Gasteiger partial charge on any atom is -0.383 e. The third-order valence-corrected chi connectivity index (χ3v) is 6.15. The summed E-state index contributed by atoms with van der Waals surface area (Å²) >= 11 is 0. The molecule has 10 nitrogen and oxygen atoms in total. The number of aromatic nitrogens is 5. The van der Waals surface area contributed by atoms with Crippen molar-refractivity contribution in [3.05, 3.63) is 36.7 Å². The van der Waals surface area contributed by atoms with Crippen LogP contribution in [0.2, 0.25) is 0 Å². The van der Waals surface area contributed by atoms with Gasteiger partial charge in [0.25, 0.3) is 0 Å². The quantitative estimate of drug-likeness (QED) is 0.270. The summed E-state index contributed by atoms with van der Waals surface area (Å²) in [6.07, 6.45) is 4.63. The predicted molar refractivity (Wildman–Crippen MR) is 114 cm³/mol. The average molecular weight is 427 g/mol. The molecule has 0 amide bonds. The van der Waals surface area contributed by atoms with Crippen LogP contribution in [0.15, 0.2) is 36.7 Å². The Bertz CT molecular complexity index is 1300. The van der Waals surface area contributed by atoms with Crippen molar-refractivity contribution in [2.45, 2.75) is 19.4 Å². The highest BCUT2D eigenvalue weighted by atomic mass is 32.2. The molecule has 0 spiro atoms. The number of rotatable bonds is 9. The highest BCUT2D eigenvalue weighted by molar-refractivity contribution is 7.89. The van der Waals surface area contributed by atoms with E-state index in [1.54, 1.807) is 10.9 Å². The third-order valence-electron chi connectivity index (χ3n) is 4.73. The van der Waals surface area contributed by atoms with Gasteiger partial charge in [0.15, 0.2) is 0 Å². The van der Waals surface area contributed by atoms with E-state index in [0.717, 1.165) is 33.1 Å². The minimum absolute atomic E-state index is 0.0126. The summed E-state index contributed by atoms with van der Waals surface area (Å²) in [4.78, 5) is 14.8. The molecule has 11 heteroatoms. The smallest absolute Gasteiger partial charge is 0.212 e. The molecule has 0 bridgehead atoms. The Balaban J connectivity index is 1.53. The molecule has 0 saturated heterocycles. The molecule has 0 aliphatic carbocycles. The fourth-order valence-electron chi connectivity index (χ4n) is 3.27. The van der Waals surface area contributed by atoms with E-state index >= 15 is 0 Å². The molecule has 3 heterocycles. The van der Waals surface area contributed by atoms with E-state index in [2.05, 4.69) is 25.0 Å². The largest absolute Gasteiger partial charge is 0.383 e. The molecule has 0 unspecified atom stereocenters. The lowest BCUT2D eigenvalue weighted by Crippen LogP contribution is -2.28. The number of hydrogen-bond acceptors (Lipinski definition) is 7. The van der Waals surface area contributed by atoms with Gasteiger partial charge in [-0.15, -0.1) is 0 Å². The number of sulfonamides is 1. The molecule has 3 aromatic heterocycles. The van der Waals surface area contributed by atoms with Crippen molar-refractivity contribution in [1.82, 2.24) is 29.7 Å². The predicted octanol–water partition coefficient (Wildman–Crippen LogP) is 1.46. The second-order valence-electron chi connectivity index (χ2n) is 6.88. The molecule has 4 rings (SSSR count). The maximum atomic E-state index is 11.7. The first-order valence-corrected chi connectivity index (χ1v) is 11.1. The number of anilines is 1. The summed E-state index contributed by atoms with van der Waals surface area (Å²) in [6, 6.07) is 7.75. The number of aldehydes is 1. The number of H-pyrrole nitrogens is 1. The first-order chi connectivity index (χ1) is 14.5. The van der Waals surface area contributed by atoms with Crippen LogP contribution in [-0.4, -0.2) is 52.0 Å². The molecule has 4 N–H and O–H groups in total. The molecule has 0 atom stereocenters. The summed E-state index contributed by atoms with van der Waals surface area (Å²) in [5.74, 6) is 0.191. The van der Waals surface area contributed by atoms with Crippen molar-refractivity contribution < 1.29 is 13.2 Å². The van der Waals surface area contributed by atoms with Gasteiger partial charge < -0.3 is 10.5 Å². The molecule has 1 aromatic carbocycles. The molecule has 0 aliphatic rings. The number of nitrogens with one attached hydrogen (secondary N) is 2. The summed E-state index contributed by atoms with van der Waals surface area (Å²) in [5, 5.41) is 13.2. The van der Waals surface area contributed by atoms with Crippen LogP contribution in [0.4, 0.5) is 5.82 Å². The Morgan fingerprint density at radius 1 is 1.23 bits per heavy atom. The normalized spacial score (nSPS) is 12.0. The van der Waals surface area contributed by atoms with Crippen molar-refractivity contribution in [1.29, 1.82) is 0 Å². The molecule has 0 fully saturated rings. The fraction of sp³-hybridized carbons (Fsp3) is 0.263. The highest BCUT2D eigenvalue weighted by Crippen LogP contribution is 2.29. The van der Waals surface area contributed by atoms with E-state index in [1.807, 2.05) is 30.5 Å². The van der Waals surface area contributed by atoms with Crippen molar-refractivity contribution in [2.24, 2.45) is 0 Å². The van der Waals surface area contributed by atoms with Gasteiger partial charge in [-0.1, -0.05) is 6.07 Å². The zero-order chi connectivity index (χ0) is 21.1. The van der Waals surface area contributed by atoms with E-state index in [4.69, 9.17) is 5.73 Å². The Morgan fingerprint density at radius 3 is 2.87 bits per heavy atom. The average Bonchev–Trinajstić information content (AvgIpc) is 3.40. The minimum atomic E-state index is -3.43. The number of carbonyl (C=O) groups excluding carboxylic acids is 1. The van der Waals surface area contributed by atoms with E-state index < -0.39 is 10.0 Å². The van der Waals surface area contributed by atoms with E-state index in [0.29, 0.717) is 25.1 Å². The number of benzene rings is 1. The lowest BCUT2D eigenvalue weighted by Gasteiger charge is -2.05. The van der Waals surface area contributed by atoms with Crippen LogP contribution in [-0.2, 0) is 21.4 Å². The summed E-state index contributed by atoms with van der Waals surface area (Å²) in [6.45, 7) is 0.775. The lowest BCUT2D eigenvalue weighted by atomic mass is 10.1. The summed E-state index contributed by atoms with van der Waals surface area (Å²) in [7, 11) is -3.43. The van der Waals surface area contributed by atoms with Crippen LogP contribution in [0.1, 0.15) is 12.8 Å². The van der Waals surface area contributed by atoms with Gasteiger partial charge in [0, 0.05) is 42.9 Å². The van der Waals surface area contributed by atoms with Crippen molar-refractivity contribution in [3.63, 3.8) is 0 Å². The van der Waals surface area contributed by atoms with Gasteiger partial charge in [-0.05, 0) is 24.6 Å². The number of pyridine rings is 1. The van der Waals surface area contributed by atoms with Crippen LogP contribution in [0.25, 0.3) is 33.1 Å². The lowest BCUT2D eigenvalue weighted by molar-refractivity contribution is -0.107. The van der Waals surface area contributed by atoms with Crippen molar-refractivity contribution in [2.75, 3.05) is 18.0 Å². The summed E-state index contributed by atoms with van der Waals surface area (Å²) < 4.78 is 27.7. The number of aryl methyl sites for hydroxylation is 1. The van der Waals surface area contributed by atoms with Crippen molar-refractivity contribution in [3.8, 4) is 11.3 Å². The van der Waals surface area contributed by atoms with Crippen LogP contribution >= 0.6 is 0 Å². The van der Waals surface area contributed by atoms with Gasteiger partial charge in [-0.3, -0.25) is 9.78 Å².